The van der Waals surface area contributed by atoms with E-state index in [9.17, 15) is 9.59 Å². The van der Waals surface area contributed by atoms with Crippen LogP contribution >= 0.6 is 0 Å². The molecule has 0 bridgehead atoms. The second-order valence-corrected chi connectivity index (χ2v) is 8.40. The van der Waals surface area contributed by atoms with Crippen LogP contribution in [0.15, 0.2) is 29.1 Å². The molecule has 0 saturated carbocycles. The number of nitrogens with two attached hydrogens (primary N) is 1. The minimum absolute atomic E-state index is 0.147. The van der Waals surface area contributed by atoms with Crippen LogP contribution in [-0.4, -0.2) is 42.7 Å². The zero-order valence-corrected chi connectivity index (χ0v) is 17.2. The largest absolute Gasteiger partial charge is 0.444 e. The number of aromatic nitrogens is 4. The topological polar surface area (TPSA) is 131 Å². The maximum Gasteiger partial charge on any atom is 0.412 e. The number of fused-ring (bicyclic) bond motifs is 2. The molecule has 3 heterocycles. The Labute approximate surface area is 173 Å². The van der Waals surface area contributed by atoms with Gasteiger partial charge in [-0.15, -0.1) is 0 Å². The Morgan fingerprint density at radius 1 is 1.27 bits per heavy atom. The minimum Gasteiger partial charge on any atom is -0.444 e. The van der Waals surface area contributed by atoms with Crippen molar-refractivity contribution in [1.29, 1.82) is 0 Å². The lowest BCUT2D eigenvalue weighted by molar-refractivity contribution is 0.0636. The molecular weight excluding hydrogens is 386 g/mol. The molecule has 0 fully saturated rings. The standard InChI is InChI=1S/C20H25N7O3/c1-20(2,3)30-19(29)23-14-5-4-12-6-7-26(10-13(12)8-14)11-15-9-16(28)27-18(22-15)24-17(21)25-27/h4-5,8-9H,6-7,10-11H2,1-3H3,(H,23,29)(H3,21,22,24,25). The highest BCUT2D eigenvalue weighted by atomic mass is 16.6. The van der Waals surface area contributed by atoms with Gasteiger partial charge in [0.1, 0.15) is 5.60 Å². The summed E-state index contributed by atoms with van der Waals surface area (Å²) in [6, 6.07) is 7.37. The molecule has 4 rings (SSSR count). The molecule has 4 N–H and O–H groups in total. The van der Waals surface area contributed by atoms with Gasteiger partial charge in [0.25, 0.3) is 11.3 Å². The Morgan fingerprint density at radius 3 is 2.83 bits per heavy atom. The van der Waals surface area contributed by atoms with Gasteiger partial charge >= 0.3 is 6.09 Å². The summed E-state index contributed by atoms with van der Waals surface area (Å²) in [5, 5.41) is 5.44. The highest BCUT2D eigenvalue weighted by molar-refractivity contribution is 5.85. The third-order valence-corrected chi connectivity index (χ3v) is 4.73. The fourth-order valence-corrected chi connectivity index (χ4v) is 3.50. The first-order valence-electron chi connectivity index (χ1n) is 9.75. The molecule has 2 aromatic heterocycles. The van der Waals surface area contributed by atoms with Crippen molar-refractivity contribution in [2.75, 3.05) is 17.6 Å². The number of carbonyl (C=O) groups excluding carboxylic acids is 1. The number of hydrogen-bond donors (Lipinski definition) is 3. The molecule has 3 aromatic rings. The number of aromatic amines is 1. The first-order valence-corrected chi connectivity index (χ1v) is 9.75. The number of ether oxygens (including phenoxy) is 1. The number of anilines is 2. The van der Waals surface area contributed by atoms with Gasteiger partial charge in [-0.1, -0.05) is 6.07 Å². The number of rotatable bonds is 3. The Kier molecular flexibility index (Phi) is 4.94. The van der Waals surface area contributed by atoms with Gasteiger partial charge in [-0.3, -0.25) is 20.1 Å². The number of benzene rings is 1. The molecule has 10 heteroatoms. The number of hydrogen-bond acceptors (Lipinski definition) is 7. The van der Waals surface area contributed by atoms with Crippen molar-refractivity contribution in [2.24, 2.45) is 0 Å². The molecule has 0 unspecified atom stereocenters. The molecule has 0 spiro atoms. The number of H-pyrrole nitrogens is 1. The monoisotopic (exact) mass is 411 g/mol. The van der Waals surface area contributed by atoms with E-state index in [0.29, 0.717) is 24.5 Å². The molecule has 1 aromatic carbocycles. The van der Waals surface area contributed by atoms with E-state index < -0.39 is 11.7 Å². The van der Waals surface area contributed by atoms with Gasteiger partial charge in [0.2, 0.25) is 5.95 Å². The zero-order valence-electron chi connectivity index (χ0n) is 17.2. The summed E-state index contributed by atoms with van der Waals surface area (Å²) in [5.41, 5.74) is 8.50. The number of nitrogen functional groups attached to an aromatic ring is 1. The summed E-state index contributed by atoms with van der Waals surface area (Å²) in [6.07, 6.45) is 0.393. The number of amides is 1. The van der Waals surface area contributed by atoms with Gasteiger partial charge in [-0.2, -0.15) is 9.50 Å². The SMILES string of the molecule is CC(C)(C)OC(=O)Nc1ccc2c(c1)CN(Cc1cc(=O)n3[nH]c(N)nc3n1)CC2. The van der Waals surface area contributed by atoms with Crippen LogP contribution in [0.3, 0.4) is 0 Å². The quantitative estimate of drug-likeness (QED) is 0.600. The van der Waals surface area contributed by atoms with Crippen LogP contribution in [0.2, 0.25) is 0 Å². The normalized spacial score (nSPS) is 14.5. The molecule has 1 aliphatic heterocycles. The summed E-state index contributed by atoms with van der Waals surface area (Å²) in [7, 11) is 0. The molecule has 158 valence electrons. The van der Waals surface area contributed by atoms with Crippen LogP contribution < -0.4 is 16.6 Å². The van der Waals surface area contributed by atoms with Crippen molar-refractivity contribution in [3.63, 3.8) is 0 Å². The molecular formula is C20H25N7O3. The second-order valence-electron chi connectivity index (χ2n) is 8.40. The average molecular weight is 411 g/mol. The van der Waals surface area contributed by atoms with Crippen LogP contribution in [0.5, 0.6) is 0 Å². The first kappa shape index (κ1) is 19.9. The van der Waals surface area contributed by atoms with E-state index in [0.717, 1.165) is 18.5 Å². The summed E-state index contributed by atoms with van der Waals surface area (Å²) < 4.78 is 6.54. The minimum atomic E-state index is -0.555. The Bertz CT molecular complexity index is 1160. The molecule has 0 aliphatic carbocycles. The van der Waals surface area contributed by atoms with Gasteiger partial charge in [0, 0.05) is 31.4 Å². The lowest BCUT2D eigenvalue weighted by atomic mass is 9.99. The Hall–Kier alpha value is -3.40. The highest BCUT2D eigenvalue weighted by Gasteiger charge is 2.20. The summed E-state index contributed by atoms with van der Waals surface area (Å²) in [6.45, 7) is 7.52. The van der Waals surface area contributed by atoms with Crippen LogP contribution in [0, 0.1) is 0 Å². The van der Waals surface area contributed by atoms with Crippen molar-refractivity contribution >= 4 is 23.5 Å². The van der Waals surface area contributed by atoms with Crippen molar-refractivity contribution in [2.45, 2.75) is 45.9 Å². The zero-order chi connectivity index (χ0) is 21.5. The van der Waals surface area contributed by atoms with Gasteiger partial charge in [0.15, 0.2) is 0 Å². The summed E-state index contributed by atoms with van der Waals surface area (Å²) in [5.74, 6) is 0.407. The van der Waals surface area contributed by atoms with Crippen molar-refractivity contribution in [3.8, 4) is 0 Å². The molecule has 1 aliphatic rings. The molecule has 1 amide bonds. The van der Waals surface area contributed by atoms with Crippen LogP contribution in [-0.2, 0) is 24.2 Å². The first-order chi connectivity index (χ1) is 14.2. The Balaban J connectivity index is 1.47. The van der Waals surface area contributed by atoms with Crippen LogP contribution in [0.25, 0.3) is 5.78 Å². The fourth-order valence-electron chi connectivity index (χ4n) is 3.50. The van der Waals surface area contributed by atoms with E-state index in [1.807, 2.05) is 39.0 Å². The van der Waals surface area contributed by atoms with E-state index in [1.54, 1.807) is 0 Å². The lowest BCUT2D eigenvalue weighted by Gasteiger charge is -2.29. The Morgan fingerprint density at radius 2 is 2.07 bits per heavy atom. The van der Waals surface area contributed by atoms with E-state index in [-0.39, 0.29) is 17.3 Å². The predicted octanol–water partition coefficient (Wildman–Crippen LogP) is 1.91. The number of carbonyl (C=O) groups is 1. The van der Waals surface area contributed by atoms with Gasteiger partial charge in [-0.05, 0) is 50.5 Å². The van der Waals surface area contributed by atoms with Gasteiger partial charge < -0.3 is 10.5 Å². The van der Waals surface area contributed by atoms with Crippen LogP contribution in [0.1, 0.15) is 37.6 Å². The average Bonchev–Trinajstić information content (AvgIpc) is 3.00. The van der Waals surface area contributed by atoms with Gasteiger partial charge in [0.05, 0.1) is 5.69 Å². The third-order valence-electron chi connectivity index (χ3n) is 4.73. The molecule has 0 atom stereocenters. The molecule has 0 radical (unpaired) electrons. The molecule has 0 saturated heterocycles. The van der Waals surface area contributed by atoms with E-state index in [2.05, 4.69) is 25.3 Å². The molecule has 30 heavy (non-hydrogen) atoms. The third kappa shape index (κ3) is 4.43. The van der Waals surface area contributed by atoms with Crippen molar-refractivity contribution in [3.05, 3.63) is 51.4 Å². The lowest BCUT2D eigenvalue weighted by Crippen LogP contribution is -2.31. The summed E-state index contributed by atoms with van der Waals surface area (Å²) >= 11 is 0. The van der Waals surface area contributed by atoms with E-state index in [1.165, 1.54) is 16.1 Å². The van der Waals surface area contributed by atoms with Crippen LogP contribution in [0.4, 0.5) is 16.4 Å². The predicted molar refractivity (Wildman–Crippen MR) is 112 cm³/mol. The maximum absolute atomic E-state index is 12.2. The van der Waals surface area contributed by atoms with Crippen molar-refractivity contribution < 1.29 is 9.53 Å². The smallest absolute Gasteiger partial charge is 0.412 e. The summed E-state index contributed by atoms with van der Waals surface area (Å²) in [4.78, 5) is 34.9. The van der Waals surface area contributed by atoms with Gasteiger partial charge in [-0.25, -0.2) is 9.78 Å². The second kappa shape index (κ2) is 7.45. The van der Waals surface area contributed by atoms with E-state index in [4.69, 9.17) is 10.5 Å². The fraction of sp³-hybridized carbons (Fsp3) is 0.400. The maximum atomic E-state index is 12.2. The number of nitrogens with one attached hydrogen (secondary N) is 2. The van der Waals surface area contributed by atoms with E-state index >= 15 is 0 Å². The molecule has 10 nitrogen and oxygen atoms in total. The number of nitrogens with zero attached hydrogens (tertiary/aromatic N) is 4. The van der Waals surface area contributed by atoms with Crippen molar-refractivity contribution in [1.82, 2.24) is 24.5 Å². The highest BCUT2D eigenvalue weighted by Crippen LogP contribution is 2.24.